The van der Waals surface area contributed by atoms with Crippen molar-refractivity contribution in [1.29, 1.82) is 0 Å². The molecular formula is C27H22Cl2N4O5S. The van der Waals surface area contributed by atoms with Crippen molar-refractivity contribution in [2.45, 2.75) is 18.0 Å². The highest BCUT2D eigenvalue weighted by Crippen LogP contribution is 2.24. The number of hydrogen-bond acceptors (Lipinski definition) is 6. The highest BCUT2D eigenvalue weighted by molar-refractivity contribution is 7.89. The number of para-hydroxylation sites is 1. The lowest BCUT2D eigenvalue weighted by Crippen LogP contribution is -2.32. The maximum atomic E-state index is 13.5. The minimum Gasteiger partial charge on any atom is -0.459 e. The zero-order valence-corrected chi connectivity index (χ0v) is 22.6. The molecule has 0 atom stereocenters. The second kappa shape index (κ2) is 12.7. The summed E-state index contributed by atoms with van der Waals surface area (Å²) >= 11 is 11.9. The van der Waals surface area contributed by atoms with Crippen molar-refractivity contribution in [3.05, 3.63) is 118 Å². The van der Waals surface area contributed by atoms with Crippen LogP contribution < -0.4 is 10.7 Å². The van der Waals surface area contributed by atoms with Crippen LogP contribution in [0.2, 0.25) is 10.0 Å². The molecule has 0 unspecified atom stereocenters. The Morgan fingerprint density at radius 1 is 0.821 bits per heavy atom. The van der Waals surface area contributed by atoms with E-state index in [9.17, 15) is 18.0 Å². The number of rotatable bonds is 9. The van der Waals surface area contributed by atoms with Crippen LogP contribution in [0.1, 0.15) is 17.1 Å². The van der Waals surface area contributed by atoms with Crippen LogP contribution in [0.15, 0.2) is 105 Å². The molecule has 200 valence electrons. The molecule has 0 spiro atoms. The summed E-state index contributed by atoms with van der Waals surface area (Å²) in [6.07, 6.45) is 1.20. The molecule has 0 fully saturated rings. The predicted octanol–water partition coefficient (Wildman–Crippen LogP) is 5.07. The number of amides is 2. The van der Waals surface area contributed by atoms with Gasteiger partial charge in [0, 0.05) is 22.3 Å². The zero-order chi connectivity index (χ0) is 27.8. The van der Waals surface area contributed by atoms with Gasteiger partial charge in [0.05, 0.1) is 17.7 Å². The van der Waals surface area contributed by atoms with Crippen molar-refractivity contribution in [2.75, 3.05) is 5.32 Å². The van der Waals surface area contributed by atoms with E-state index in [0.717, 1.165) is 5.56 Å². The first-order chi connectivity index (χ1) is 18.7. The molecule has 4 aromatic rings. The van der Waals surface area contributed by atoms with Gasteiger partial charge in [-0.3, -0.25) is 9.59 Å². The van der Waals surface area contributed by atoms with E-state index in [-0.39, 0.29) is 23.7 Å². The maximum absolute atomic E-state index is 13.5. The van der Waals surface area contributed by atoms with Crippen LogP contribution in [0, 0.1) is 0 Å². The van der Waals surface area contributed by atoms with Gasteiger partial charge in [-0.15, -0.1) is 0 Å². The number of sulfonamides is 1. The fourth-order valence-electron chi connectivity index (χ4n) is 3.41. The van der Waals surface area contributed by atoms with E-state index < -0.39 is 21.8 Å². The van der Waals surface area contributed by atoms with Crippen LogP contribution in [-0.2, 0) is 32.7 Å². The zero-order valence-electron chi connectivity index (χ0n) is 20.3. The predicted molar refractivity (Wildman–Crippen MR) is 149 cm³/mol. The van der Waals surface area contributed by atoms with Crippen LogP contribution in [0.25, 0.3) is 0 Å². The van der Waals surface area contributed by atoms with Crippen molar-refractivity contribution in [3.63, 3.8) is 0 Å². The number of hydrogen-bond donors (Lipinski definition) is 2. The molecule has 2 N–H and O–H groups in total. The second-order valence-corrected chi connectivity index (χ2v) is 11.0. The van der Waals surface area contributed by atoms with E-state index in [1.165, 1.54) is 34.8 Å². The van der Waals surface area contributed by atoms with Crippen LogP contribution in [0.3, 0.4) is 0 Å². The summed E-state index contributed by atoms with van der Waals surface area (Å²) in [4.78, 5) is 24.0. The maximum Gasteiger partial charge on any atom is 0.329 e. The average molecular weight is 585 g/mol. The van der Waals surface area contributed by atoms with Crippen molar-refractivity contribution in [2.24, 2.45) is 5.10 Å². The Labute approximate surface area is 235 Å². The molecule has 0 radical (unpaired) electrons. The molecule has 12 heteroatoms. The smallest absolute Gasteiger partial charge is 0.329 e. The van der Waals surface area contributed by atoms with Gasteiger partial charge in [-0.1, -0.05) is 53.5 Å². The quantitative estimate of drug-likeness (QED) is 0.162. The topological polar surface area (TPSA) is 121 Å². The van der Waals surface area contributed by atoms with Gasteiger partial charge in [0.15, 0.2) is 0 Å². The Kier molecular flexibility index (Phi) is 9.15. The third-order valence-electron chi connectivity index (χ3n) is 5.33. The van der Waals surface area contributed by atoms with E-state index in [2.05, 4.69) is 15.8 Å². The highest BCUT2D eigenvalue weighted by Gasteiger charge is 2.26. The van der Waals surface area contributed by atoms with E-state index in [0.29, 0.717) is 21.5 Å². The molecule has 1 heterocycles. The monoisotopic (exact) mass is 584 g/mol. The number of anilines is 1. The normalized spacial score (nSPS) is 11.6. The Bertz CT molecular complexity index is 1570. The average Bonchev–Trinajstić information content (AvgIpc) is 3.37. The Morgan fingerprint density at radius 3 is 2.13 bits per heavy atom. The molecule has 0 aliphatic carbocycles. The van der Waals surface area contributed by atoms with Gasteiger partial charge in [0.1, 0.15) is 11.5 Å². The molecule has 0 aliphatic rings. The fraction of sp³-hybridized carbons (Fsp3) is 0.0741. The molecule has 0 saturated carbocycles. The van der Waals surface area contributed by atoms with Crippen molar-refractivity contribution in [3.8, 4) is 0 Å². The van der Waals surface area contributed by atoms with Gasteiger partial charge < -0.3 is 9.73 Å². The first-order valence-electron chi connectivity index (χ1n) is 11.5. The number of benzene rings is 3. The summed E-state index contributed by atoms with van der Waals surface area (Å²) in [5, 5.41) is 7.13. The minimum absolute atomic E-state index is 0.0544. The van der Waals surface area contributed by atoms with Gasteiger partial charge in [-0.05, 0) is 66.2 Å². The summed E-state index contributed by atoms with van der Waals surface area (Å²) in [5.41, 5.74) is 3.31. The lowest BCUT2D eigenvalue weighted by Gasteiger charge is -2.21. The van der Waals surface area contributed by atoms with Gasteiger partial charge in [-0.2, -0.15) is 9.41 Å². The van der Waals surface area contributed by atoms with E-state index >= 15 is 0 Å². The number of halogens is 2. The number of hydrazone groups is 1. The molecule has 1 aromatic heterocycles. The molecule has 3 aromatic carbocycles. The third kappa shape index (κ3) is 7.78. The third-order valence-corrected chi connectivity index (χ3v) is 7.64. The molecule has 0 aliphatic heterocycles. The van der Waals surface area contributed by atoms with Crippen LogP contribution in [0.5, 0.6) is 0 Å². The number of carbonyl (C=O) groups is 2. The first kappa shape index (κ1) is 28.1. The molecule has 9 nitrogen and oxygen atoms in total. The molecule has 4 rings (SSSR count). The number of nitrogens with zero attached hydrogens (tertiary/aromatic N) is 2. The first-order valence-corrected chi connectivity index (χ1v) is 13.7. The van der Waals surface area contributed by atoms with Gasteiger partial charge in [-0.25, -0.2) is 13.8 Å². The van der Waals surface area contributed by atoms with Crippen LogP contribution >= 0.6 is 23.2 Å². The Morgan fingerprint density at radius 2 is 1.46 bits per heavy atom. The Balaban J connectivity index is 1.45. The number of carbonyl (C=O) groups excluding carboxylic acids is 2. The van der Waals surface area contributed by atoms with Crippen LogP contribution in [0.4, 0.5) is 5.69 Å². The van der Waals surface area contributed by atoms with Gasteiger partial charge in [0.25, 0.3) is 0 Å². The van der Waals surface area contributed by atoms with Crippen molar-refractivity contribution in [1.82, 2.24) is 9.73 Å². The lowest BCUT2D eigenvalue weighted by atomic mass is 10.2. The summed E-state index contributed by atoms with van der Waals surface area (Å²) in [6.45, 7) is -0.0356. The SMILES string of the molecule is O=C(N/N=C/c1ccc(CN(Cc2ccc(Cl)cc2)S(=O)(=O)c2ccc(Cl)cc2)o1)C(=O)Nc1ccccc1. The standard InChI is InChI=1S/C27H22Cl2N4O5S/c28-20-8-6-19(7-9-20)17-33(39(36,37)25-14-10-21(29)11-15-25)18-24-13-12-23(38-24)16-30-32-27(35)26(34)31-22-4-2-1-3-5-22/h1-16H,17-18H2,(H,31,34)(H,32,35)/b30-16+. The Hall–Kier alpha value is -3.96. The second-order valence-electron chi connectivity index (χ2n) is 8.18. The van der Waals surface area contributed by atoms with E-state index in [1.807, 2.05) is 0 Å². The van der Waals surface area contributed by atoms with E-state index in [4.69, 9.17) is 27.6 Å². The summed E-state index contributed by atoms with van der Waals surface area (Å²) in [5.74, 6) is -1.28. The van der Waals surface area contributed by atoms with Crippen LogP contribution in [-0.4, -0.2) is 30.8 Å². The minimum atomic E-state index is -3.93. The molecule has 0 saturated heterocycles. The highest BCUT2D eigenvalue weighted by atomic mass is 35.5. The summed E-state index contributed by atoms with van der Waals surface area (Å²) < 4.78 is 33.9. The summed E-state index contributed by atoms with van der Waals surface area (Å²) in [6, 6.07) is 24.4. The van der Waals surface area contributed by atoms with Crippen molar-refractivity contribution >= 4 is 56.9 Å². The largest absolute Gasteiger partial charge is 0.459 e. The molecular weight excluding hydrogens is 563 g/mol. The molecule has 39 heavy (non-hydrogen) atoms. The number of furan rings is 1. The molecule has 2 amide bonds. The van der Waals surface area contributed by atoms with E-state index in [1.54, 1.807) is 66.7 Å². The fourth-order valence-corrected chi connectivity index (χ4v) is 5.06. The van der Waals surface area contributed by atoms with Gasteiger partial charge in [0.2, 0.25) is 10.0 Å². The van der Waals surface area contributed by atoms with Gasteiger partial charge >= 0.3 is 11.8 Å². The van der Waals surface area contributed by atoms with Crippen molar-refractivity contribution < 1.29 is 22.4 Å². The summed E-state index contributed by atoms with van der Waals surface area (Å²) in [7, 11) is -3.93. The molecule has 0 bridgehead atoms. The lowest BCUT2D eigenvalue weighted by molar-refractivity contribution is -0.136. The number of nitrogens with one attached hydrogen (secondary N) is 2.